The van der Waals surface area contributed by atoms with Gasteiger partial charge in [-0.1, -0.05) is 54.1 Å². The van der Waals surface area contributed by atoms with Crippen LogP contribution in [0.2, 0.25) is 0 Å². The summed E-state index contributed by atoms with van der Waals surface area (Å²) in [5.41, 5.74) is 2.16. The van der Waals surface area contributed by atoms with Gasteiger partial charge in [-0.25, -0.2) is 4.98 Å². The third-order valence-corrected chi connectivity index (χ3v) is 3.24. The molecule has 0 saturated heterocycles. The molecule has 2 nitrogen and oxygen atoms in total. The first-order chi connectivity index (χ1) is 8.06. The van der Waals surface area contributed by atoms with Gasteiger partial charge in [-0.3, -0.25) is 0 Å². The van der Waals surface area contributed by atoms with Crippen LogP contribution in [0.4, 0.5) is 0 Å². The summed E-state index contributed by atoms with van der Waals surface area (Å²) in [6.45, 7) is 4.26. The van der Waals surface area contributed by atoms with Gasteiger partial charge in [-0.05, 0) is 24.1 Å². The molecule has 1 N–H and O–H groups in total. The van der Waals surface area contributed by atoms with Gasteiger partial charge < -0.3 is 4.98 Å². The van der Waals surface area contributed by atoms with Crippen molar-refractivity contribution in [3.05, 3.63) is 45.1 Å². The van der Waals surface area contributed by atoms with Crippen LogP contribution in [0.15, 0.2) is 34.8 Å². The zero-order chi connectivity index (χ0) is 12.4. The number of H-pyrrole nitrogens is 1. The predicted molar refractivity (Wildman–Crippen MR) is 76.6 cm³/mol. The minimum atomic E-state index is 0.411. The maximum atomic E-state index is 5.19. The van der Waals surface area contributed by atoms with Gasteiger partial charge >= 0.3 is 0 Å². The average Bonchev–Trinajstić information content (AvgIpc) is 2.29. The average molecular weight is 309 g/mol. The third kappa shape index (κ3) is 3.01. The van der Waals surface area contributed by atoms with Crippen LogP contribution in [0.5, 0.6) is 0 Å². The van der Waals surface area contributed by atoms with Crippen LogP contribution in [-0.4, -0.2) is 9.97 Å². The van der Waals surface area contributed by atoms with Crippen LogP contribution in [0.3, 0.4) is 0 Å². The molecular weight excluding hydrogens is 296 g/mol. The minimum Gasteiger partial charge on any atom is -0.343 e. The third-order valence-electron chi connectivity index (χ3n) is 2.50. The lowest BCUT2D eigenvalue weighted by Crippen LogP contribution is -1.97. The topological polar surface area (TPSA) is 28.7 Å². The van der Waals surface area contributed by atoms with Gasteiger partial charge in [0, 0.05) is 15.7 Å². The van der Waals surface area contributed by atoms with Crippen molar-refractivity contribution in [2.45, 2.75) is 19.8 Å². The molecule has 1 aromatic heterocycles. The highest BCUT2D eigenvalue weighted by atomic mass is 79.9. The van der Waals surface area contributed by atoms with Crippen molar-refractivity contribution in [1.82, 2.24) is 9.97 Å². The van der Waals surface area contributed by atoms with Crippen LogP contribution < -0.4 is 0 Å². The summed E-state index contributed by atoms with van der Waals surface area (Å²) in [5, 5.41) is 0. The van der Waals surface area contributed by atoms with Crippen molar-refractivity contribution in [3.63, 3.8) is 0 Å². The Hall–Kier alpha value is -1.00. The smallest absolute Gasteiger partial charge is 0.139 e. The van der Waals surface area contributed by atoms with E-state index in [9.17, 15) is 0 Å². The van der Waals surface area contributed by atoms with E-state index >= 15 is 0 Å². The van der Waals surface area contributed by atoms with E-state index in [0.29, 0.717) is 10.6 Å². The normalized spacial score (nSPS) is 10.8. The molecular formula is C13H13BrN2S. The SMILES string of the molecule is CC(C)c1cc(=S)nc(-c2ccc(Br)cc2)[nH]1. The summed E-state index contributed by atoms with van der Waals surface area (Å²) in [6.07, 6.45) is 0. The van der Waals surface area contributed by atoms with Gasteiger partial charge in [0.2, 0.25) is 0 Å². The molecule has 1 aromatic carbocycles. The van der Waals surface area contributed by atoms with Crippen molar-refractivity contribution in [3.8, 4) is 11.4 Å². The zero-order valence-electron chi connectivity index (χ0n) is 9.70. The number of aromatic amines is 1. The van der Waals surface area contributed by atoms with E-state index in [1.165, 1.54) is 0 Å². The second-order valence-electron chi connectivity index (χ2n) is 4.18. The monoisotopic (exact) mass is 308 g/mol. The minimum absolute atomic E-state index is 0.411. The molecule has 4 heteroatoms. The molecule has 2 rings (SSSR count). The van der Waals surface area contributed by atoms with E-state index in [-0.39, 0.29) is 0 Å². The lowest BCUT2D eigenvalue weighted by atomic mass is 10.1. The Kier molecular flexibility index (Phi) is 3.74. The standard InChI is InChI=1S/C13H13BrN2S/c1-8(2)11-7-12(17)16-13(15-11)9-3-5-10(14)6-4-9/h3-8H,1-2H3,(H,15,16,17). The van der Waals surface area contributed by atoms with Crippen molar-refractivity contribution in [2.75, 3.05) is 0 Å². The molecule has 0 amide bonds. The molecule has 0 unspecified atom stereocenters. The van der Waals surface area contributed by atoms with Crippen LogP contribution >= 0.6 is 28.1 Å². The second kappa shape index (κ2) is 5.10. The fraction of sp³-hybridized carbons (Fsp3) is 0.231. The Morgan fingerprint density at radius 1 is 1.24 bits per heavy atom. The molecule has 0 bridgehead atoms. The van der Waals surface area contributed by atoms with Crippen LogP contribution in [-0.2, 0) is 0 Å². The molecule has 2 aromatic rings. The summed E-state index contributed by atoms with van der Waals surface area (Å²) in [4.78, 5) is 7.69. The number of hydrogen-bond donors (Lipinski definition) is 1. The molecule has 1 heterocycles. The molecule has 0 aliphatic rings. The van der Waals surface area contributed by atoms with Crippen molar-refractivity contribution >= 4 is 28.1 Å². The van der Waals surface area contributed by atoms with Crippen molar-refractivity contribution in [1.29, 1.82) is 0 Å². The summed E-state index contributed by atoms with van der Waals surface area (Å²) in [6, 6.07) is 9.94. The molecule has 0 saturated carbocycles. The Morgan fingerprint density at radius 3 is 2.47 bits per heavy atom. The molecule has 0 radical (unpaired) electrons. The van der Waals surface area contributed by atoms with Crippen LogP contribution in [0.1, 0.15) is 25.5 Å². The summed E-state index contributed by atoms with van der Waals surface area (Å²) < 4.78 is 1.69. The van der Waals surface area contributed by atoms with Gasteiger partial charge in [0.15, 0.2) is 0 Å². The van der Waals surface area contributed by atoms with E-state index in [1.54, 1.807) is 0 Å². The Bertz CT molecular complexity index is 573. The van der Waals surface area contributed by atoms with Crippen LogP contribution in [0.25, 0.3) is 11.4 Å². The van der Waals surface area contributed by atoms with E-state index in [2.05, 4.69) is 39.7 Å². The van der Waals surface area contributed by atoms with Gasteiger partial charge in [-0.15, -0.1) is 0 Å². The maximum absolute atomic E-state index is 5.19. The molecule has 17 heavy (non-hydrogen) atoms. The second-order valence-corrected chi connectivity index (χ2v) is 5.52. The van der Waals surface area contributed by atoms with Gasteiger partial charge in [0.25, 0.3) is 0 Å². The summed E-state index contributed by atoms with van der Waals surface area (Å²) in [7, 11) is 0. The van der Waals surface area contributed by atoms with Crippen molar-refractivity contribution in [2.24, 2.45) is 0 Å². The molecule has 0 aliphatic carbocycles. The lowest BCUT2D eigenvalue weighted by molar-refractivity contribution is 0.815. The first-order valence-electron chi connectivity index (χ1n) is 5.43. The van der Waals surface area contributed by atoms with E-state index in [0.717, 1.165) is 21.6 Å². The number of halogens is 1. The first-order valence-corrected chi connectivity index (χ1v) is 6.63. The summed E-state index contributed by atoms with van der Waals surface area (Å²) >= 11 is 8.61. The summed E-state index contributed by atoms with van der Waals surface area (Å²) in [5.74, 6) is 1.24. The zero-order valence-corrected chi connectivity index (χ0v) is 12.1. The van der Waals surface area contributed by atoms with E-state index in [4.69, 9.17) is 12.2 Å². The van der Waals surface area contributed by atoms with E-state index in [1.807, 2.05) is 30.3 Å². The quantitative estimate of drug-likeness (QED) is 0.815. The predicted octanol–water partition coefficient (Wildman–Crippen LogP) is 4.69. The van der Waals surface area contributed by atoms with E-state index < -0.39 is 0 Å². The largest absolute Gasteiger partial charge is 0.343 e. The number of nitrogens with zero attached hydrogens (tertiary/aromatic N) is 1. The highest BCUT2D eigenvalue weighted by molar-refractivity contribution is 9.10. The Balaban J connectivity index is 2.52. The molecule has 88 valence electrons. The van der Waals surface area contributed by atoms with Crippen molar-refractivity contribution < 1.29 is 0 Å². The highest BCUT2D eigenvalue weighted by Gasteiger charge is 2.05. The maximum Gasteiger partial charge on any atom is 0.139 e. The number of rotatable bonds is 2. The lowest BCUT2D eigenvalue weighted by Gasteiger charge is -2.08. The number of aromatic nitrogens is 2. The fourth-order valence-corrected chi connectivity index (χ4v) is 2.01. The van der Waals surface area contributed by atoms with Gasteiger partial charge in [-0.2, -0.15) is 0 Å². The number of hydrogen-bond acceptors (Lipinski definition) is 2. The highest BCUT2D eigenvalue weighted by Crippen LogP contribution is 2.20. The van der Waals surface area contributed by atoms with Gasteiger partial charge in [0.05, 0.1) is 0 Å². The molecule has 0 fully saturated rings. The fourth-order valence-electron chi connectivity index (χ4n) is 1.53. The Labute approximate surface area is 114 Å². The number of benzene rings is 1. The van der Waals surface area contributed by atoms with Crippen LogP contribution in [0, 0.1) is 4.64 Å². The molecule has 0 spiro atoms. The Morgan fingerprint density at radius 2 is 1.88 bits per heavy atom. The first kappa shape index (κ1) is 12.5. The molecule has 0 atom stereocenters. The molecule has 0 aliphatic heterocycles. The van der Waals surface area contributed by atoms with Gasteiger partial charge in [0.1, 0.15) is 10.5 Å². The number of nitrogens with one attached hydrogen (secondary N) is 1.